The lowest BCUT2D eigenvalue weighted by molar-refractivity contribution is 0.218. The molecule has 0 radical (unpaired) electrons. The van der Waals surface area contributed by atoms with Gasteiger partial charge in [0.15, 0.2) is 0 Å². The second-order valence-electron chi connectivity index (χ2n) is 5.11. The minimum Gasteiger partial charge on any atom is -0.488 e. The average molecular weight is 316 g/mol. The van der Waals surface area contributed by atoms with E-state index in [1.165, 1.54) is 6.07 Å². The Balaban J connectivity index is 1.88. The zero-order chi connectivity index (χ0) is 13.1. The molecule has 1 N–H and O–H groups in total. The molecule has 0 bridgehead atoms. The normalized spacial score (nSPS) is 19.7. The van der Waals surface area contributed by atoms with Crippen LogP contribution in [-0.2, 0) is 6.42 Å². The van der Waals surface area contributed by atoms with Gasteiger partial charge in [-0.25, -0.2) is 4.39 Å². The Hall–Kier alpha value is -0.610. The van der Waals surface area contributed by atoms with Crippen molar-refractivity contribution in [2.75, 3.05) is 11.9 Å². The van der Waals surface area contributed by atoms with Crippen LogP contribution >= 0.6 is 15.9 Å². The highest BCUT2D eigenvalue weighted by atomic mass is 79.9. The van der Waals surface area contributed by atoms with Crippen LogP contribution in [-0.4, -0.2) is 24.0 Å². The van der Waals surface area contributed by atoms with Gasteiger partial charge in [0.2, 0.25) is 0 Å². The van der Waals surface area contributed by atoms with Gasteiger partial charge < -0.3 is 10.1 Å². The van der Waals surface area contributed by atoms with Crippen molar-refractivity contribution in [2.45, 2.75) is 32.4 Å². The van der Waals surface area contributed by atoms with Crippen LogP contribution in [0.1, 0.15) is 19.4 Å². The minimum atomic E-state index is -0.188. The van der Waals surface area contributed by atoms with Gasteiger partial charge in [-0.1, -0.05) is 29.8 Å². The Morgan fingerprint density at radius 2 is 2.28 bits per heavy atom. The number of hydrogen-bond acceptors (Lipinski definition) is 2. The number of alkyl halides is 1. The zero-order valence-corrected chi connectivity index (χ0v) is 12.3. The third-order valence-electron chi connectivity index (χ3n) is 3.34. The quantitative estimate of drug-likeness (QED) is 0.843. The van der Waals surface area contributed by atoms with Gasteiger partial charge in [-0.05, 0) is 24.1 Å². The van der Waals surface area contributed by atoms with Gasteiger partial charge >= 0.3 is 0 Å². The second-order valence-corrected chi connectivity index (χ2v) is 5.76. The number of hydrogen-bond donors (Lipinski definition) is 1. The van der Waals surface area contributed by atoms with Gasteiger partial charge in [0.1, 0.15) is 17.7 Å². The zero-order valence-electron chi connectivity index (χ0n) is 10.7. The number of nitrogens with one attached hydrogen (secondary N) is 1. The highest BCUT2D eigenvalue weighted by molar-refractivity contribution is 9.09. The molecular formula is C14H19BrFNO. The molecule has 0 saturated carbocycles. The van der Waals surface area contributed by atoms with Crippen molar-refractivity contribution in [3.05, 3.63) is 29.6 Å². The second kappa shape index (κ2) is 6.02. The summed E-state index contributed by atoms with van der Waals surface area (Å²) in [6.07, 6.45) is 0.898. The summed E-state index contributed by atoms with van der Waals surface area (Å²) in [7, 11) is 0. The van der Waals surface area contributed by atoms with E-state index in [2.05, 4.69) is 35.1 Å². The van der Waals surface area contributed by atoms with Crippen molar-refractivity contribution in [1.29, 1.82) is 0 Å². The molecule has 0 fully saturated rings. The molecular weight excluding hydrogens is 297 g/mol. The molecule has 0 spiro atoms. The van der Waals surface area contributed by atoms with Crippen molar-refractivity contribution < 1.29 is 9.13 Å². The van der Waals surface area contributed by atoms with Crippen molar-refractivity contribution >= 4 is 15.9 Å². The first-order chi connectivity index (χ1) is 8.60. The molecule has 2 rings (SSSR count). The van der Waals surface area contributed by atoms with Crippen LogP contribution in [0.15, 0.2) is 18.2 Å². The number of rotatable bonds is 5. The van der Waals surface area contributed by atoms with E-state index in [-0.39, 0.29) is 11.9 Å². The molecule has 1 aromatic rings. The van der Waals surface area contributed by atoms with Gasteiger partial charge in [0.05, 0.1) is 0 Å². The fourth-order valence-electron chi connectivity index (χ4n) is 2.15. The average Bonchev–Trinajstić information content (AvgIpc) is 2.71. The maximum atomic E-state index is 13.1. The van der Waals surface area contributed by atoms with E-state index in [1.54, 1.807) is 12.1 Å². The van der Waals surface area contributed by atoms with Crippen molar-refractivity contribution in [2.24, 2.45) is 5.92 Å². The Kier molecular flexibility index (Phi) is 4.62. The van der Waals surface area contributed by atoms with Gasteiger partial charge in [0.25, 0.3) is 0 Å². The summed E-state index contributed by atoms with van der Waals surface area (Å²) in [5.74, 6) is 1.21. The fraction of sp³-hybridized carbons (Fsp3) is 0.571. The van der Waals surface area contributed by atoms with E-state index in [1.807, 2.05) is 0 Å². The minimum absolute atomic E-state index is 0.113. The van der Waals surface area contributed by atoms with E-state index in [4.69, 9.17) is 4.74 Å². The van der Waals surface area contributed by atoms with Crippen molar-refractivity contribution in [3.8, 4) is 5.75 Å². The Morgan fingerprint density at radius 1 is 1.50 bits per heavy atom. The van der Waals surface area contributed by atoms with Gasteiger partial charge in [0, 0.05) is 29.9 Å². The van der Waals surface area contributed by atoms with Gasteiger partial charge in [-0.3, -0.25) is 0 Å². The fourth-order valence-corrected chi connectivity index (χ4v) is 3.13. The lowest BCUT2D eigenvalue weighted by Crippen LogP contribution is -2.41. The Labute approximate surface area is 116 Å². The van der Waals surface area contributed by atoms with Gasteiger partial charge in [-0.15, -0.1) is 0 Å². The SMILES string of the molecule is CC(C)C(CBr)NCC1Cc2cc(F)ccc2O1. The van der Waals surface area contributed by atoms with E-state index < -0.39 is 0 Å². The molecule has 2 atom stereocenters. The van der Waals surface area contributed by atoms with Crippen LogP contribution in [0, 0.1) is 11.7 Å². The van der Waals surface area contributed by atoms with E-state index in [0.717, 1.165) is 29.6 Å². The molecule has 4 heteroatoms. The maximum absolute atomic E-state index is 13.1. The summed E-state index contributed by atoms with van der Waals surface area (Å²) in [5.41, 5.74) is 0.974. The molecule has 18 heavy (non-hydrogen) atoms. The number of ether oxygens (including phenoxy) is 1. The summed E-state index contributed by atoms with van der Waals surface area (Å²) in [6.45, 7) is 5.18. The molecule has 0 aromatic heterocycles. The topological polar surface area (TPSA) is 21.3 Å². The molecule has 0 amide bonds. The maximum Gasteiger partial charge on any atom is 0.123 e. The number of halogens is 2. The Bertz CT molecular complexity index is 411. The standard InChI is InChI=1S/C14H19BrFNO/c1-9(2)13(7-15)17-8-12-6-10-5-11(16)3-4-14(10)18-12/h3-5,9,12-13,17H,6-8H2,1-2H3. The lowest BCUT2D eigenvalue weighted by Gasteiger charge is -2.22. The number of benzene rings is 1. The predicted octanol–water partition coefficient (Wildman–Crippen LogP) is 3.14. The molecule has 1 aliphatic heterocycles. The van der Waals surface area contributed by atoms with Crippen LogP contribution in [0.2, 0.25) is 0 Å². The first kappa shape index (κ1) is 13.8. The number of fused-ring (bicyclic) bond motifs is 1. The lowest BCUT2D eigenvalue weighted by atomic mass is 10.1. The summed E-state index contributed by atoms with van der Waals surface area (Å²) < 4.78 is 18.9. The van der Waals surface area contributed by atoms with E-state index in [9.17, 15) is 4.39 Å². The summed E-state index contributed by atoms with van der Waals surface area (Å²) in [6, 6.07) is 5.17. The molecule has 100 valence electrons. The molecule has 1 aliphatic rings. The third kappa shape index (κ3) is 3.23. The van der Waals surface area contributed by atoms with Crippen LogP contribution in [0.4, 0.5) is 4.39 Å². The highest BCUT2D eigenvalue weighted by Crippen LogP contribution is 2.29. The van der Waals surface area contributed by atoms with Crippen LogP contribution in [0.3, 0.4) is 0 Å². The van der Waals surface area contributed by atoms with E-state index in [0.29, 0.717) is 12.0 Å². The Morgan fingerprint density at radius 3 is 2.94 bits per heavy atom. The van der Waals surface area contributed by atoms with E-state index >= 15 is 0 Å². The molecule has 2 nitrogen and oxygen atoms in total. The molecule has 0 saturated heterocycles. The summed E-state index contributed by atoms with van der Waals surface area (Å²) >= 11 is 3.51. The van der Waals surface area contributed by atoms with Crippen LogP contribution in [0.25, 0.3) is 0 Å². The smallest absolute Gasteiger partial charge is 0.123 e. The van der Waals surface area contributed by atoms with Gasteiger partial charge in [-0.2, -0.15) is 0 Å². The molecule has 0 aliphatic carbocycles. The first-order valence-electron chi connectivity index (χ1n) is 6.34. The highest BCUT2D eigenvalue weighted by Gasteiger charge is 2.24. The first-order valence-corrected chi connectivity index (χ1v) is 7.46. The summed E-state index contributed by atoms with van der Waals surface area (Å²) in [4.78, 5) is 0. The molecule has 1 heterocycles. The van der Waals surface area contributed by atoms with Crippen molar-refractivity contribution in [1.82, 2.24) is 5.32 Å². The monoisotopic (exact) mass is 315 g/mol. The van der Waals surface area contributed by atoms with Crippen LogP contribution < -0.4 is 10.1 Å². The largest absolute Gasteiger partial charge is 0.488 e. The predicted molar refractivity (Wildman–Crippen MR) is 74.9 cm³/mol. The third-order valence-corrected chi connectivity index (χ3v) is 4.04. The molecule has 2 unspecified atom stereocenters. The van der Waals surface area contributed by atoms with Crippen molar-refractivity contribution in [3.63, 3.8) is 0 Å². The molecule has 1 aromatic carbocycles. The summed E-state index contributed by atoms with van der Waals surface area (Å²) in [5, 5.41) is 4.42. The van der Waals surface area contributed by atoms with Crippen LogP contribution in [0.5, 0.6) is 5.75 Å².